The van der Waals surface area contributed by atoms with Gasteiger partial charge in [-0.1, -0.05) is 39.0 Å². The third kappa shape index (κ3) is 5.06. The number of rotatable bonds is 8. The Morgan fingerprint density at radius 3 is 2.81 bits per heavy atom. The minimum atomic E-state index is -0.155. The van der Waals surface area contributed by atoms with Crippen LogP contribution in [0.25, 0.3) is 16.7 Å². The molecule has 3 heterocycles. The predicted octanol–water partition coefficient (Wildman–Crippen LogP) is 3.30. The Hall–Kier alpha value is -2.48. The Kier molecular flexibility index (Phi) is 6.55. The monoisotopic (exact) mass is 424 g/mol. The van der Waals surface area contributed by atoms with Gasteiger partial charge in [0, 0.05) is 36.1 Å². The molecule has 3 aromatic rings. The summed E-state index contributed by atoms with van der Waals surface area (Å²) in [4.78, 5) is 15.8. The van der Waals surface area contributed by atoms with Crippen LogP contribution in [0.2, 0.25) is 0 Å². The molecule has 0 saturated carbocycles. The number of H-pyrrole nitrogens is 1. The van der Waals surface area contributed by atoms with E-state index in [0.29, 0.717) is 31.9 Å². The van der Waals surface area contributed by atoms with E-state index < -0.39 is 0 Å². The van der Waals surface area contributed by atoms with Crippen molar-refractivity contribution in [3.63, 3.8) is 0 Å². The van der Waals surface area contributed by atoms with Gasteiger partial charge in [-0.2, -0.15) is 5.10 Å². The van der Waals surface area contributed by atoms with E-state index >= 15 is 0 Å². The molecule has 0 radical (unpaired) electrons. The van der Waals surface area contributed by atoms with Crippen LogP contribution in [0.5, 0.6) is 0 Å². The summed E-state index contributed by atoms with van der Waals surface area (Å²) < 4.78 is 13.1. The van der Waals surface area contributed by atoms with Gasteiger partial charge in [-0.3, -0.25) is 4.79 Å². The lowest BCUT2D eigenvalue weighted by Gasteiger charge is -2.15. The number of ether oxygens (including phenoxy) is 2. The Bertz CT molecular complexity index is 1060. The topological polar surface area (TPSA) is 81.2 Å². The van der Waals surface area contributed by atoms with Gasteiger partial charge in [0.2, 0.25) is 0 Å². The van der Waals surface area contributed by atoms with Gasteiger partial charge in [0.05, 0.1) is 30.7 Å². The van der Waals surface area contributed by atoms with Gasteiger partial charge in [-0.25, -0.2) is 4.68 Å². The highest BCUT2D eigenvalue weighted by atomic mass is 16.5. The molecule has 166 valence electrons. The molecule has 2 aromatic heterocycles. The molecule has 1 aliphatic rings. The predicted molar refractivity (Wildman–Crippen MR) is 122 cm³/mol. The van der Waals surface area contributed by atoms with Crippen molar-refractivity contribution in [2.24, 2.45) is 0 Å². The van der Waals surface area contributed by atoms with Crippen LogP contribution in [0.3, 0.4) is 0 Å². The fraction of sp³-hybridized carbons (Fsp3) is 0.500. The van der Waals surface area contributed by atoms with E-state index in [9.17, 15) is 4.79 Å². The number of nitrogens with zero attached hydrogens (tertiary/aromatic N) is 2. The van der Waals surface area contributed by atoms with Crippen molar-refractivity contribution in [3.8, 4) is 5.69 Å². The maximum atomic E-state index is 12.8. The molecule has 0 spiro atoms. The first kappa shape index (κ1) is 21.7. The molecular formula is C24H32N4O3. The fourth-order valence-electron chi connectivity index (χ4n) is 3.91. The van der Waals surface area contributed by atoms with Crippen molar-refractivity contribution in [2.75, 3.05) is 26.4 Å². The number of para-hydroxylation sites is 1. The highest BCUT2D eigenvalue weighted by molar-refractivity contribution is 5.81. The Morgan fingerprint density at radius 2 is 2.10 bits per heavy atom. The van der Waals surface area contributed by atoms with Crippen molar-refractivity contribution in [2.45, 2.75) is 51.7 Å². The largest absolute Gasteiger partial charge is 0.377 e. The number of benzene rings is 1. The summed E-state index contributed by atoms with van der Waals surface area (Å²) in [5.74, 6) is 0. The zero-order valence-electron chi connectivity index (χ0n) is 18.6. The zero-order valence-corrected chi connectivity index (χ0v) is 18.6. The molecule has 1 fully saturated rings. The van der Waals surface area contributed by atoms with Crippen molar-refractivity contribution in [1.29, 1.82) is 0 Å². The lowest BCUT2D eigenvalue weighted by atomic mass is 9.90. The van der Waals surface area contributed by atoms with Crippen LogP contribution in [-0.2, 0) is 21.4 Å². The van der Waals surface area contributed by atoms with Crippen LogP contribution < -0.4 is 10.9 Å². The average molecular weight is 425 g/mol. The van der Waals surface area contributed by atoms with Crippen molar-refractivity contribution in [3.05, 3.63) is 58.0 Å². The molecule has 1 aromatic carbocycles. The maximum absolute atomic E-state index is 12.8. The molecule has 7 heteroatoms. The Morgan fingerprint density at radius 1 is 1.29 bits per heavy atom. The van der Waals surface area contributed by atoms with E-state index in [2.05, 4.69) is 31.1 Å². The number of hydrogen-bond donors (Lipinski definition) is 2. The van der Waals surface area contributed by atoms with Crippen LogP contribution in [0.15, 0.2) is 41.2 Å². The van der Waals surface area contributed by atoms with E-state index in [1.807, 2.05) is 41.1 Å². The second-order valence-corrected chi connectivity index (χ2v) is 9.12. The number of fused-ring (bicyclic) bond motifs is 1. The molecule has 1 aliphatic heterocycles. The summed E-state index contributed by atoms with van der Waals surface area (Å²) in [5.41, 5.74) is 3.06. The average Bonchev–Trinajstić information content (AvgIpc) is 3.38. The first-order chi connectivity index (χ1) is 14.9. The summed E-state index contributed by atoms with van der Waals surface area (Å²) in [6, 6.07) is 11.9. The SMILES string of the molecule is CC(C)(C)c1nn(-c2ccccc2)c2[nH]c(=O)c(CNCCOCC3CCCO3)cc12. The van der Waals surface area contributed by atoms with Crippen LogP contribution in [0.1, 0.15) is 44.9 Å². The van der Waals surface area contributed by atoms with E-state index in [1.165, 1.54) is 0 Å². The second-order valence-electron chi connectivity index (χ2n) is 9.12. The first-order valence-corrected chi connectivity index (χ1v) is 11.0. The van der Waals surface area contributed by atoms with Gasteiger partial charge in [0.1, 0.15) is 5.65 Å². The summed E-state index contributed by atoms with van der Waals surface area (Å²) in [6.07, 6.45) is 2.44. The fourth-order valence-corrected chi connectivity index (χ4v) is 3.91. The summed E-state index contributed by atoms with van der Waals surface area (Å²) in [5, 5.41) is 9.16. The van der Waals surface area contributed by atoms with Crippen LogP contribution in [0.4, 0.5) is 0 Å². The minimum absolute atomic E-state index is 0.0992. The second kappa shape index (κ2) is 9.34. The van der Waals surface area contributed by atoms with E-state index in [-0.39, 0.29) is 17.1 Å². The van der Waals surface area contributed by atoms with Gasteiger partial charge in [-0.05, 0) is 31.0 Å². The van der Waals surface area contributed by atoms with E-state index in [0.717, 1.165) is 41.9 Å². The summed E-state index contributed by atoms with van der Waals surface area (Å²) in [7, 11) is 0. The quantitative estimate of drug-likeness (QED) is 0.543. The number of nitrogens with one attached hydrogen (secondary N) is 2. The smallest absolute Gasteiger partial charge is 0.254 e. The Balaban J connectivity index is 1.49. The molecule has 2 N–H and O–H groups in total. The van der Waals surface area contributed by atoms with Crippen molar-refractivity contribution < 1.29 is 9.47 Å². The van der Waals surface area contributed by atoms with Crippen molar-refractivity contribution in [1.82, 2.24) is 20.1 Å². The molecule has 7 nitrogen and oxygen atoms in total. The van der Waals surface area contributed by atoms with Gasteiger partial charge in [0.25, 0.3) is 5.56 Å². The molecule has 1 atom stereocenters. The van der Waals surface area contributed by atoms with Gasteiger partial charge in [-0.15, -0.1) is 0 Å². The van der Waals surface area contributed by atoms with E-state index in [4.69, 9.17) is 14.6 Å². The minimum Gasteiger partial charge on any atom is -0.377 e. The number of aromatic amines is 1. The zero-order chi connectivity index (χ0) is 21.8. The third-order valence-electron chi connectivity index (χ3n) is 5.54. The first-order valence-electron chi connectivity index (χ1n) is 11.0. The maximum Gasteiger partial charge on any atom is 0.254 e. The van der Waals surface area contributed by atoms with Gasteiger partial charge in [0.15, 0.2) is 0 Å². The van der Waals surface area contributed by atoms with Crippen LogP contribution >= 0.6 is 0 Å². The Labute approximate surface area is 182 Å². The normalized spacial score (nSPS) is 16.9. The highest BCUT2D eigenvalue weighted by Crippen LogP contribution is 2.29. The highest BCUT2D eigenvalue weighted by Gasteiger charge is 2.24. The van der Waals surface area contributed by atoms with Crippen molar-refractivity contribution >= 4 is 11.0 Å². The molecule has 31 heavy (non-hydrogen) atoms. The van der Waals surface area contributed by atoms with Crippen LogP contribution in [-0.4, -0.2) is 47.2 Å². The molecule has 1 saturated heterocycles. The summed E-state index contributed by atoms with van der Waals surface area (Å²) >= 11 is 0. The number of pyridine rings is 1. The number of aromatic nitrogens is 3. The molecule has 0 amide bonds. The molecular weight excluding hydrogens is 392 g/mol. The molecule has 4 rings (SSSR count). The summed E-state index contributed by atoms with van der Waals surface area (Å²) in [6.45, 7) is 9.65. The molecule has 0 bridgehead atoms. The van der Waals surface area contributed by atoms with Crippen LogP contribution in [0, 0.1) is 0 Å². The molecule has 0 aliphatic carbocycles. The van der Waals surface area contributed by atoms with Gasteiger partial charge >= 0.3 is 0 Å². The lowest BCUT2D eigenvalue weighted by molar-refractivity contribution is 0.0183. The molecule has 1 unspecified atom stereocenters. The third-order valence-corrected chi connectivity index (χ3v) is 5.54. The number of hydrogen-bond acceptors (Lipinski definition) is 5. The standard InChI is InChI=1S/C24H32N4O3/c1-24(2,3)21-20-14-17(15-25-11-13-30-16-19-10-7-12-31-19)23(29)26-22(20)28(27-21)18-8-5-4-6-9-18/h4-6,8-9,14,19,25H,7,10-13,15-16H2,1-3H3,(H,26,29). The lowest BCUT2D eigenvalue weighted by Crippen LogP contribution is -2.25. The van der Waals surface area contributed by atoms with Gasteiger partial charge < -0.3 is 19.8 Å². The van der Waals surface area contributed by atoms with E-state index in [1.54, 1.807) is 0 Å².